The summed E-state index contributed by atoms with van der Waals surface area (Å²) in [4.78, 5) is 19.0. The zero-order valence-corrected chi connectivity index (χ0v) is 7.66. The molecule has 2 heterocycles. The number of hydrogen-bond donors (Lipinski definition) is 0. The lowest BCUT2D eigenvalue weighted by atomic mass is 10.5. The molecular formula is C8H9N5O. The highest BCUT2D eigenvalue weighted by molar-refractivity contribution is 4.89. The largest absolute Gasteiger partial charge is 0.305 e. The summed E-state index contributed by atoms with van der Waals surface area (Å²) in [6, 6.07) is 0. The Morgan fingerprint density at radius 2 is 2.36 bits per heavy atom. The van der Waals surface area contributed by atoms with Gasteiger partial charge < -0.3 is 4.57 Å². The second-order valence-corrected chi connectivity index (χ2v) is 2.84. The molecule has 0 radical (unpaired) electrons. The van der Waals surface area contributed by atoms with E-state index in [1.165, 1.54) is 17.1 Å². The van der Waals surface area contributed by atoms with Crippen molar-refractivity contribution in [3.05, 3.63) is 41.1 Å². The van der Waals surface area contributed by atoms with E-state index in [1.807, 2.05) is 0 Å². The first-order valence-corrected chi connectivity index (χ1v) is 4.10. The van der Waals surface area contributed by atoms with Crippen molar-refractivity contribution in [2.24, 2.45) is 7.05 Å². The van der Waals surface area contributed by atoms with Gasteiger partial charge in [0.1, 0.15) is 12.2 Å². The second kappa shape index (κ2) is 3.41. The van der Waals surface area contributed by atoms with Crippen LogP contribution >= 0.6 is 0 Å². The van der Waals surface area contributed by atoms with E-state index in [1.54, 1.807) is 24.1 Å². The molecule has 0 aliphatic rings. The fourth-order valence-electron chi connectivity index (χ4n) is 1.12. The van der Waals surface area contributed by atoms with Crippen LogP contribution in [0.2, 0.25) is 0 Å². The molecule has 0 spiro atoms. The molecule has 2 aromatic rings. The summed E-state index contributed by atoms with van der Waals surface area (Å²) in [6.07, 6.45) is 5.92. The van der Waals surface area contributed by atoms with Crippen molar-refractivity contribution in [3.63, 3.8) is 0 Å². The van der Waals surface area contributed by atoms with E-state index in [-0.39, 0.29) is 5.56 Å². The van der Waals surface area contributed by atoms with Gasteiger partial charge in [-0.15, -0.1) is 0 Å². The van der Waals surface area contributed by atoms with Gasteiger partial charge in [-0.05, 0) is 0 Å². The minimum atomic E-state index is -0.143. The minimum Gasteiger partial charge on any atom is -0.305 e. The topological polar surface area (TPSA) is 65.6 Å². The van der Waals surface area contributed by atoms with Gasteiger partial charge in [0, 0.05) is 19.4 Å². The van der Waals surface area contributed by atoms with Gasteiger partial charge in [0.15, 0.2) is 0 Å². The van der Waals surface area contributed by atoms with Crippen molar-refractivity contribution >= 4 is 0 Å². The van der Waals surface area contributed by atoms with Gasteiger partial charge >= 0.3 is 0 Å². The number of rotatable bonds is 2. The lowest BCUT2D eigenvalue weighted by molar-refractivity contribution is 0.637. The summed E-state index contributed by atoms with van der Waals surface area (Å²) in [7, 11) is 1.79. The minimum absolute atomic E-state index is 0.143. The molecule has 0 unspecified atom stereocenters. The van der Waals surface area contributed by atoms with Crippen molar-refractivity contribution in [2.75, 3.05) is 0 Å². The maximum atomic E-state index is 11.3. The molecule has 0 atom stereocenters. The number of aryl methyl sites for hydroxylation is 1. The fraction of sp³-hybridized carbons (Fsp3) is 0.250. The Morgan fingerprint density at radius 3 is 3.00 bits per heavy atom. The number of aromatic nitrogens is 5. The van der Waals surface area contributed by atoms with Crippen LogP contribution in [0.5, 0.6) is 0 Å². The first-order chi connectivity index (χ1) is 6.77. The molecule has 2 aromatic heterocycles. The molecule has 0 aromatic carbocycles. The molecule has 0 N–H and O–H groups in total. The molecule has 2 rings (SSSR count). The van der Waals surface area contributed by atoms with Gasteiger partial charge in [-0.25, -0.2) is 4.98 Å². The van der Waals surface area contributed by atoms with Gasteiger partial charge in [-0.1, -0.05) is 0 Å². The third kappa shape index (κ3) is 1.54. The summed E-state index contributed by atoms with van der Waals surface area (Å²) in [5.74, 6) is 0.735. The Hall–Kier alpha value is -1.98. The zero-order valence-electron chi connectivity index (χ0n) is 7.66. The summed E-state index contributed by atoms with van der Waals surface area (Å²) in [6.45, 7) is 0.415. The predicted molar refractivity (Wildman–Crippen MR) is 48.6 cm³/mol. The molecule has 0 bridgehead atoms. The predicted octanol–water partition coefficient (Wildman–Crippen LogP) is -0.580. The Kier molecular flexibility index (Phi) is 2.10. The standard InChI is InChI=1S/C8H9N5O/c1-12-7(10-6-11-12)5-13-3-2-9-4-8(13)14/h2-4,6H,5H2,1H3. The van der Waals surface area contributed by atoms with Crippen LogP contribution in [0.3, 0.4) is 0 Å². The molecule has 0 aliphatic carbocycles. The van der Waals surface area contributed by atoms with E-state index in [0.29, 0.717) is 6.54 Å². The van der Waals surface area contributed by atoms with Crippen LogP contribution in [0.25, 0.3) is 0 Å². The van der Waals surface area contributed by atoms with Gasteiger partial charge in [0.2, 0.25) is 0 Å². The third-order valence-corrected chi connectivity index (χ3v) is 1.92. The summed E-state index contributed by atoms with van der Waals surface area (Å²) < 4.78 is 3.16. The molecule has 6 heteroatoms. The Labute approximate surface area is 79.9 Å². The van der Waals surface area contributed by atoms with Crippen molar-refractivity contribution in [3.8, 4) is 0 Å². The quantitative estimate of drug-likeness (QED) is 0.637. The maximum absolute atomic E-state index is 11.3. The van der Waals surface area contributed by atoms with E-state index >= 15 is 0 Å². The monoisotopic (exact) mass is 191 g/mol. The first-order valence-electron chi connectivity index (χ1n) is 4.10. The van der Waals surface area contributed by atoms with Crippen molar-refractivity contribution < 1.29 is 0 Å². The van der Waals surface area contributed by atoms with Gasteiger partial charge in [-0.2, -0.15) is 5.10 Å². The SMILES string of the molecule is Cn1ncnc1Cn1ccncc1=O. The van der Waals surface area contributed by atoms with E-state index < -0.39 is 0 Å². The van der Waals surface area contributed by atoms with E-state index in [0.717, 1.165) is 5.82 Å². The highest BCUT2D eigenvalue weighted by atomic mass is 16.1. The highest BCUT2D eigenvalue weighted by Crippen LogP contribution is 1.92. The van der Waals surface area contributed by atoms with Crippen LogP contribution < -0.4 is 5.56 Å². The average Bonchev–Trinajstić information content (AvgIpc) is 2.56. The third-order valence-electron chi connectivity index (χ3n) is 1.92. The normalized spacial score (nSPS) is 10.4. The van der Waals surface area contributed by atoms with Crippen molar-refractivity contribution in [2.45, 2.75) is 6.54 Å². The molecule has 0 aliphatic heterocycles. The summed E-state index contributed by atoms with van der Waals surface area (Å²) in [5.41, 5.74) is -0.143. The molecule has 0 fully saturated rings. The lowest BCUT2D eigenvalue weighted by Crippen LogP contribution is -2.21. The van der Waals surface area contributed by atoms with Crippen LogP contribution in [-0.4, -0.2) is 24.3 Å². The molecule has 0 amide bonds. The van der Waals surface area contributed by atoms with Crippen LogP contribution in [0, 0.1) is 0 Å². The smallest absolute Gasteiger partial charge is 0.269 e. The van der Waals surface area contributed by atoms with Gasteiger partial charge in [0.25, 0.3) is 5.56 Å². The van der Waals surface area contributed by atoms with Gasteiger partial charge in [-0.3, -0.25) is 14.5 Å². The van der Waals surface area contributed by atoms with E-state index in [4.69, 9.17) is 0 Å². The molecule has 0 saturated carbocycles. The van der Waals surface area contributed by atoms with E-state index in [2.05, 4.69) is 15.1 Å². The maximum Gasteiger partial charge on any atom is 0.269 e. The number of nitrogens with zero attached hydrogens (tertiary/aromatic N) is 5. The Balaban J connectivity index is 2.32. The average molecular weight is 191 g/mol. The van der Waals surface area contributed by atoms with Crippen LogP contribution in [-0.2, 0) is 13.6 Å². The van der Waals surface area contributed by atoms with Crippen LogP contribution in [0.4, 0.5) is 0 Å². The zero-order chi connectivity index (χ0) is 9.97. The van der Waals surface area contributed by atoms with Crippen molar-refractivity contribution in [1.29, 1.82) is 0 Å². The first kappa shape index (κ1) is 8.61. The van der Waals surface area contributed by atoms with Gasteiger partial charge in [0.05, 0.1) is 12.7 Å². The molecule has 72 valence electrons. The fourth-order valence-corrected chi connectivity index (χ4v) is 1.12. The summed E-state index contributed by atoms with van der Waals surface area (Å²) >= 11 is 0. The number of hydrogen-bond acceptors (Lipinski definition) is 4. The molecular weight excluding hydrogens is 182 g/mol. The van der Waals surface area contributed by atoms with Crippen LogP contribution in [0.15, 0.2) is 29.7 Å². The highest BCUT2D eigenvalue weighted by Gasteiger charge is 2.01. The molecule has 6 nitrogen and oxygen atoms in total. The van der Waals surface area contributed by atoms with E-state index in [9.17, 15) is 4.79 Å². The van der Waals surface area contributed by atoms with Crippen molar-refractivity contribution in [1.82, 2.24) is 24.3 Å². The summed E-state index contributed by atoms with van der Waals surface area (Å²) in [5, 5.41) is 3.92. The Morgan fingerprint density at radius 1 is 1.50 bits per heavy atom. The Bertz CT molecular complexity index is 486. The lowest BCUT2D eigenvalue weighted by Gasteiger charge is -2.02. The molecule has 14 heavy (non-hydrogen) atoms. The molecule has 0 saturated heterocycles. The second-order valence-electron chi connectivity index (χ2n) is 2.84. The van der Waals surface area contributed by atoms with Crippen LogP contribution in [0.1, 0.15) is 5.82 Å².